The Morgan fingerprint density at radius 1 is 1.16 bits per heavy atom. The van der Waals surface area contributed by atoms with E-state index < -0.39 is 0 Å². The van der Waals surface area contributed by atoms with Gasteiger partial charge in [0.25, 0.3) is 0 Å². The van der Waals surface area contributed by atoms with Crippen LogP contribution < -0.4 is 4.74 Å². The number of fused-ring (bicyclic) bond motifs is 1. The number of aryl methyl sites for hydroxylation is 1. The Kier molecular flexibility index (Phi) is 3.14. The van der Waals surface area contributed by atoms with Crippen LogP contribution in [0.3, 0.4) is 0 Å². The topological polar surface area (TPSA) is 12.5 Å². The first kappa shape index (κ1) is 12.7. The van der Waals surface area contributed by atoms with Gasteiger partial charge in [0.15, 0.2) is 0 Å². The maximum absolute atomic E-state index is 6.41. The molecule has 102 valence electrons. The van der Waals surface area contributed by atoms with Gasteiger partial charge in [-0.15, -0.1) is 0 Å². The molecular weight excluding hydrogens is 234 g/mol. The summed E-state index contributed by atoms with van der Waals surface area (Å²) in [6.45, 7) is 6.65. The van der Waals surface area contributed by atoms with Crippen LogP contribution in [0.25, 0.3) is 5.57 Å². The van der Waals surface area contributed by atoms with Gasteiger partial charge in [-0.25, -0.2) is 0 Å². The summed E-state index contributed by atoms with van der Waals surface area (Å²) in [4.78, 5) is 2.41. The molecule has 1 atom stereocenters. The van der Waals surface area contributed by atoms with Crippen LogP contribution in [0, 0.1) is 6.92 Å². The van der Waals surface area contributed by atoms with Gasteiger partial charge in [0, 0.05) is 18.5 Å². The Hall–Kier alpha value is -1.28. The average Bonchev–Trinajstić information content (AvgIpc) is 2.54. The van der Waals surface area contributed by atoms with Crippen LogP contribution in [0.5, 0.6) is 5.75 Å². The van der Waals surface area contributed by atoms with Gasteiger partial charge in [-0.1, -0.05) is 11.6 Å². The maximum Gasteiger partial charge on any atom is 0.129 e. The molecule has 1 fully saturated rings. The fourth-order valence-corrected chi connectivity index (χ4v) is 3.27. The zero-order chi connectivity index (χ0) is 13.5. The van der Waals surface area contributed by atoms with Crippen LogP contribution in [0.2, 0.25) is 0 Å². The molecule has 1 unspecified atom stereocenters. The van der Waals surface area contributed by atoms with Gasteiger partial charge in [-0.3, -0.25) is 0 Å². The van der Waals surface area contributed by atoms with E-state index in [9.17, 15) is 0 Å². The van der Waals surface area contributed by atoms with Gasteiger partial charge in [-0.05, 0) is 64.1 Å². The van der Waals surface area contributed by atoms with E-state index >= 15 is 0 Å². The van der Waals surface area contributed by atoms with Crippen LogP contribution in [-0.2, 0) is 0 Å². The lowest BCUT2D eigenvalue weighted by Crippen LogP contribution is -2.37. The second-order valence-corrected chi connectivity index (χ2v) is 6.15. The van der Waals surface area contributed by atoms with Crippen molar-refractivity contribution in [3.63, 3.8) is 0 Å². The van der Waals surface area contributed by atoms with E-state index in [1.54, 1.807) is 0 Å². The summed E-state index contributed by atoms with van der Waals surface area (Å²) in [5.74, 6) is 1.06. The summed E-state index contributed by atoms with van der Waals surface area (Å²) < 4.78 is 6.41. The van der Waals surface area contributed by atoms with Crippen molar-refractivity contribution in [2.45, 2.75) is 38.7 Å². The fraction of sp³-hybridized carbons (Fsp3) is 0.529. The largest absolute Gasteiger partial charge is 0.483 e. The summed E-state index contributed by atoms with van der Waals surface area (Å²) in [7, 11) is 2.20. The quantitative estimate of drug-likeness (QED) is 0.703. The van der Waals surface area contributed by atoms with Gasteiger partial charge < -0.3 is 9.64 Å². The first-order valence-electron chi connectivity index (χ1n) is 7.26. The van der Waals surface area contributed by atoms with Crippen LogP contribution in [0.1, 0.15) is 37.3 Å². The monoisotopic (exact) mass is 257 g/mol. The second kappa shape index (κ2) is 4.68. The van der Waals surface area contributed by atoms with Crippen LogP contribution in [0.15, 0.2) is 24.3 Å². The molecule has 0 radical (unpaired) electrons. The Morgan fingerprint density at radius 2 is 2.00 bits per heavy atom. The smallest absolute Gasteiger partial charge is 0.129 e. The van der Waals surface area contributed by atoms with Crippen molar-refractivity contribution in [2.24, 2.45) is 0 Å². The third kappa shape index (κ3) is 2.42. The van der Waals surface area contributed by atoms with E-state index in [4.69, 9.17) is 4.74 Å². The van der Waals surface area contributed by atoms with Crippen LogP contribution in [-0.4, -0.2) is 30.6 Å². The van der Waals surface area contributed by atoms with E-state index in [2.05, 4.69) is 50.1 Å². The molecule has 0 bridgehead atoms. The zero-order valence-corrected chi connectivity index (χ0v) is 12.2. The minimum absolute atomic E-state index is 0.0723. The molecule has 3 rings (SSSR count). The Morgan fingerprint density at radius 3 is 2.84 bits per heavy atom. The minimum Gasteiger partial charge on any atom is -0.483 e. The van der Waals surface area contributed by atoms with Crippen molar-refractivity contribution in [1.82, 2.24) is 4.90 Å². The summed E-state index contributed by atoms with van der Waals surface area (Å²) in [6.07, 6.45) is 5.80. The van der Waals surface area contributed by atoms with Crippen molar-refractivity contribution in [3.05, 3.63) is 35.4 Å². The molecule has 2 aliphatic rings. The molecule has 1 spiro atoms. The van der Waals surface area contributed by atoms with E-state index in [0.717, 1.165) is 25.1 Å². The molecule has 0 aliphatic carbocycles. The number of ether oxygens (including phenoxy) is 1. The molecule has 1 aromatic rings. The molecule has 0 aromatic heterocycles. The zero-order valence-electron chi connectivity index (χ0n) is 12.2. The predicted octanol–water partition coefficient (Wildman–Crippen LogP) is 3.65. The van der Waals surface area contributed by atoms with Crippen molar-refractivity contribution in [3.8, 4) is 5.75 Å². The van der Waals surface area contributed by atoms with Crippen LogP contribution >= 0.6 is 0 Å². The summed E-state index contributed by atoms with van der Waals surface area (Å²) in [5.41, 5.74) is 3.86. The Balaban J connectivity index is 1.96. The predicted molar refractivity (Wildman–Crippen MR) is 79.5 cm³/mol. The third-order valence-corrected chi connectivity index (χ3v) is 4.41. The molecule has 0 N–H and O–H groups in total. The first-order valence-corrected chi connectivity index (χ1v) is 7.26. The number of hydrogen-bond donors (Lipinski definition) is 0. The lowest BCUT2D eigenvalue weighted by Gasteiger charge is -2.36. The number of hydrogen-bond acceptors (Lipinski definition) is 2. The van der Waals surface area contributed by atoms with Gasteiger partial charge >= 0.3 is 0 Å². The molecule has 1 saturated heterocycles. The van der Waals surface area contributed by atoms with E-state index in [1.165, 1.54) is 29.7 Å². The molecular formula is C17H23NO. The van der Waals surface area contributed by atoms with Gasteiger partial charge in [0.05, 0.1) is 0 Å². The summed E-state index contributed by atoms with van der Waals surface area (Å²) in [5, 5.41) is 0. The maximum atomic E-state index is 6.41. The minimum atomic E-state index is -0.0723. The third-order valence-electron chi connectivity index (χ3n) is 4.41. The molecule has 2 heterocycles. The fourth-order valence-electron chi connectivity index (χ4n) is 3.27. The Bertz CT molecular complexity index is 520. The number of allylic oxidation sites excluding steroid dienone is 1. The van der Waals surface area contributed by atoms with Crippen molar-refractivity contribution in [1.29, 1.82) is 0 Å². The SMILES string of the molecule is CC1=CC2(CCCN(C)CC2)Oc2ccc(C)cc21. The van der Waals surface area contributed by atoms with Crippen molar-refractivity contribution < 1.29 is 4.74 Å². The number of benzene rings is 1. The highest BCUT2D eigenvalue weighted by atomic mass is 16.5. The molecule has 19 heavy (non-hydrogen) atoms. The Labute approximate surface area is 116 Å². The normalized spacial score (nSPS) is 27.4. The lowest BCUT2D eigenvalue weighted by atomic mass is 9.87. The molecule has 1 aromatic carbocycles. The van der Waals surface area contributed by atoms with Crippen molar-refractivity contribution >= 4 is 5.57 Å². The lowest BCUT2D eigenvalue weighted by molar-refractivity contribution is 0.0997. The van der Waals surface area contributed by atoms with Gasteiger partial charge in [0.1, 0.15) is 11.4 Å². The summed E-state index contributed by atoms with van der Waals surface area (Å²) >= 11 is 0. The number of rotatable bonds is 0. The highest BCUT2D eigenvalue weighted by molar-refractivity contribution is 5.72. The summed E-state index contributed by atoms with van der Waals surface area (Å²) in [6, 6.07) is 6.52. The first-order chi connectivity index (χ1) is 9.08. The molecule has 0 amide bonds. The van der Waals surface area contributed by atoms with Gasteiger partial charge in [-0.2, -0.15) is 0 Å². The number of nitrogens with zero attached hydrogens (tertiary/aromatic N) is 1. The molecule has 0 saturated carbocycles. The molecule has 2 heteroatoms. The van der Waals surface area contributed by atoms with E-state index in [-0.39, 0.29) is 5.60 Å². The van der Waals surface area contributed by atoms with E-state index in [0.29, 0.717) is 0 Å². The average molecular weight is 257 g/mol. The van der Waals surface area contributed by atoms with Gasteiger partial charge in [0.2, 0.25) is 0 Å². The number of likely N-dealkylation sites (tertiary alicyclic amines) is 1. The highest BCUT2D eigenvalue weighted by Crippen LogP contribution is 2.40. The molecule has 2 aliphatic heterocycles. The van der Waals surface area contributed by atoms with Crippen molar-refractivity contribution in [2.75, 3.05) is 20.1 Å². The van der Waals surface area contributed by atoms with Crippen LogP contribution in [0.4, 0.5) is 0 Å². The van der Waals surface area contributed by atoms with E-state index in [1.807, 2.05) is 0 Å². The molecule has 2 nitrogen and oxygen atoms in total. The standard InChI is InChI=1S/C17H23NO/c1-13-5-6-16-15(11-13)14(2)12-17(19-16)7-4-9-18(3)10-8-17/h5-6,11-12H,4,7-10H2,1-3H3. The second-order valence-electron chi connectivity index (χ2n) is 6.15. The highest BCUT2D eigenvalue weighted by Gasteiger charge is 2.35.